The molecule has 9 nitrogen and oxygen atoms in total. The van der Waals surface area contributed by atoms with E-state index in [1.54, 1.807) is 29.3 Å². The van der Waals surface area contributed by atoms with E-state index in [4.69, 9.17) is 21.9 Å². The van der Waals surface area contributed by atoms with E-state index in [1.165, 1.54) is 16.2 Å². The van der Waals surface area contributed by atoms with Crippen molar-refractivity contribution in [1.82, 2.24) is 18.9 Å². The van der Waals surface area contributed by atoms with Crippen LogP contribution in [0.5, 0.6) is 0 Å². The Morgan fingerprint density at radius 1 is 1.13 bits per heavy atom. The van der Waals surface area contributed by atoms with Gasteiger partial charge in [-0.3, -0.25) is 23.7 Å². The first kappa shape index (κ1) is 26.0. The molecule has 3 aliphatic heterocycles. The molecule has 39 heavy (non-hydrogen) atoms. The zero-order chi connectivity index (χ0) is 27.1. The average Bonchev–Trinajstić information content (AvgIpc) is 3.20. The maximum absolute atomic E-state index is 13.8. The lowest BCUT2D eigenvalue weighted by molar-refractivity contribution is -0.122. The van der Waals surface area contributed by atoms with Crippen LogP contribution in [0.25, 0.3) is 11.7 Å². The minimum atomic E-state index is -0.232. The third kappa shape index (κ3) is 4.83. The third-order valence-electron chi connectivity index (χ3n) is 7.55. The number of thiocarbonyl (C=S) groups is 1. The Bertz CT molecular complexity index is 1610. The SMILES string of the molecule is CCOCCCN1C(=O)C(=Cc2c(N3C[C@@H]4C[C@@H](C3)c3cccc(=O)n3C4)nc3ccccn3c2=O)SC1=S. The van der Waals surface area contributed by atoms with Gasteiger partial charge in [0.15, 0.2) is 0 Å². The smallest absolute Gasteiger partial charge is 0.267 e. The van der Waals surface area contributed by atoms with E-state index in [2.05, 4.69) is 4.90 Å². The summed E-state index contributed by atoms with van der Waals surface area (Å²) in [5, 5.41) is 0. The number of hydrogen-bond acceptors (Lipinski definition) is 8. The molecule has 0 aliphatic carbocycles. The number of rotatable bonds is 7. The lowest BCUT2D eigenvalue weighted by atomic mass is 9.83. The molecule has 2 fully saturated rings. The minimum Gasteiger partial charge on any atom is -0.382 e. The number of nitrogens with zero attached hydrogens (tertiary/aromatic N) is 5. The zero-order valence-corrected chi connectivity index (χ0v) is 23.2. The van der Waals surface area contributed by atoms with E-state index >= 15 is 0 Å². The summed E-state index contributed by atoms with van der Waals surface area (Å²) in [5.74, 6) is 0.769. The number of carbonyl (C=O) groups excluding carboxylic acids is 1. The van der Waals surface area contributed by atoms with Gasteiger partial charge in [-0.05, 0) is 50.0 Å². The number of pyridine rings is 2. The van der Waals surface area contributed by atoms with Crippen LogP contribution in [-0.4, -0.2) is 61.9 Å². The molecule has 11 heteroatoms. The fourth-order valence-corrected chi connectivity index (χ4v) is 7.11. The molecule has 6 rings (SSSR count). The van der Waals surface area contributed by atoms with Crippen LogP contribution < -0.4 is 16.0 Å². The zero-order valence-electron chi connectivity index (χ0n) is 21.6. The van der Waals surface area contributed by atoms with E-state index in [1.807, 2.05) is 35.8 Å². The summed E-state index contributed by atoms with van der Waals surface area (Å²) < 4.78 is 9.28. The molecule has 6 heterocycles. The van der Waals surface area contributed by atoms with Crippen LogP contribution in [0.4, 0.5) is 5.82 Å². The van der Waals surface area contributed by atoms with Crippen molar-refractivity contribution >= 4 is 51.7 Å². The van der Waals surface area contributed by atoms with Crippen LogP contribution in [0.1, 0.15) is 36.9 Å². The lowest BCUT2D eigenvalue weighted by Gasteiger charge is -2.43. The Hall–Kier alpha value is -3.28. The van der Waals surface area contributed by atoms with Gasteiger partial charge in [-0.1, -0.05) is 36.1 Å². The highest BCUT2D eigenvalue weighted by Crippen LogP contribution is 2.38. The molecule has 0 N–H and O–H groups in total. The topological polar surface area (TPSA) is 89.2 Å². The number of carbonyl (C=O) groups is 1. The van der Waals surface area contributed by atoms with Crippen molar-refractivity contribution in [2.24, 2.45) is 5.92 Å². The van der Waals surface area contributed by atoms with Crippen LogP contribution >= 0.6 is 24.0 Å². The van der Waals surface area contributed by atoms with Crippen LogP contribution in [0, 0.1) is 5.92 Å². The van der Waals surface area contributed by atoms with E-state index in [0.717, 1.165) is 12.1 Å². The van der Waals surface area contributed by atoms with Crippen molar-refractivity contribution in [3.8, 4) is 0 Å². The van der Waals surface area contributed by atoms with E-state index in [9.17, 15) is 14.4 Å². The first-order chi connectivity index (χ1) is 18.9. The first-order valence-electron chi connectivity index (χ1n) is 13.2. The molecule has 0 radical (unpaired) electrons. The third-order valence-corrected chi connectivity index (χ3v) is 8.93. The molecule has 202 valence electrons. The molecule has 0 spiro atoms. The average molecular weight is 564 g/mol. The van der Waals surface area contributed by atoms with Crippen molar-refractivity contribution in [2.45, 2.75) is 32.2 Å². The van der Waals surface area contributed by atoms with Gasteiger partial charge in [0.2, 0.25) is 0 Å². The van der Waals surface area contributed by atoms with Crippen LogP contribution in [0.15, 0.2) is 57.1 Å². The number of aromatic nitrogens is 3. The highest BCUT2D eigenvalue weighted by atomic mass is 32.2. The molecule has 3 aromatic rings. The molecule has 2 bridgehead atoms. The van der Waals surface area contributed by atoms with Crippen molar-refractivity contribution in [3.63, 3.8) is 0 Å². The Labute approximate surface area is 235 Å². The number of piperidine rings is 1. The molecule has 0 unspecified atom stereocenters. The van der Waals surface area contributed by atoms with Gasteiger partial charge < -0.3 is 14.2 Å². The first-order valence-corrected chi connectivity index (χ1v) is 14.5. The van der Waals surface area contributed by atoms with Gasteiger partial charge in [0.25, 0.3) is 17.0 Å². The summed E-state index contributed by atoms with van der Waals surface area (Å²) in [6.07, 6.45) is 5.02. The standard InChI is InChI=1S/C28H29N5O4S2/c1-2-37-12-6-11-32-27(36)22(39-28(32)38)14-20-25(29-23-8-3-4-10-31(23)26(20)35)30-15-18-13-19(17-30)21-7-5-9-24(34)33(21)16-18/h3-5,7-10,14,18-19H,2,6,11-13,15-17H2,1H3/t18-,19-/m0/s1. The summed E-state index contributed by atoms with van der Waals surface area (Å²) in [4.78, 5) is 48.7. The summed E-state index contributed by atoms with van der Waals surface area (Å²) in [7, 11) is 0. The van der Waals surface area contributed by atoms with E-state index in [0.29, 0.717) is 72.1 Å². The molecular weight excluding hydrogens is 534 g/mol. The van der Waals surface area contributed by atoms with Crippen molar-refractivity contribution in [2.75, 3.05) is 37.7 Å². The van der Waals surface area contributed by atoms with Gasteiger partial charge in [-0.15, -0.1) is 0 Å². The maximum atomic E-state index is 13.8. The monoisotopic (exact) mass is 563 g/mol. The second kappa shape index (κ2) is 10.7. The van der Waals surface area contributed by atoms with Crippen molar-refractivity contribution in [1.29, 1.82) is 0 Å². The largest absolute Gasteiger partial charge is 0.382 e. The van der Waals surface area contributed by atoms with E-state index in [-0.39, 0.29) is 28.9 Å². The Kier molecular flexibility index (Phi) is 7.13. The molecular formula is C28H29N5O4S2. The van der Waals surface area contributed by atoms with Gasteiger partial charge in [-0.2, -0.15) is 0 Å². The minimum absolute atomic E-state index is 0.0293. The van der Waals surface area contributed by atoms with Crippen LogP contribution in [0.3, 0.4) is 0 Å². The van der Waals surface area contributed by atoms with Crippen molar-refractivity contribution in [3.05, 3.63) is 79.5 Å². The van der Waals surface area contributed by atoms with Crippen LogP contribution in [-0.2, 0) is 16.1 Å². The summed E-state index contributed by atoms with van der Waals surface area (Å²) in [5.41, 5.74) is 1.74. The van der Waals surface area contributed by atoms with Gasteiger partial charge >= 0.3 is 0 Å². The highest BCUT2D eigenvalue weighted by Gasteiger charge is 2.37. The van der Waals surface area contributed by atoms with E-state index < -0.39 is 0 Å². The number of anilines is 1. The van der Waals surface area contributed by atoms with Gasteiger partial charge in [0.05, 0.1) is 10.5 Å². The molecule has 2 saturated heterocycles. The maximum Gasteiger partial charge on any atom is 0.267 e. The molecule has 0 aromatic carbocycles. The quantitative estimate of drug-likeness (QED) is 0.246. The van der Waals surface area contributed by atoms with Gasteiger partial charge in [-0.25, -0.2) is 4.98 Å². The second-order valence-corrected chi connectivity index (χ2v) is 11.7. The predicted octanol–water partition coefficient (Wildman–Crippen LogP) is 3.11. The normalized spacial score (nSPS) is 21.7. The number of ether oxygens (including phenoxy) is 1. The van der Waals surface area contributed by atoms with Crippen LogP contribution in [0.2, 0.25) is 0 Å². The van der Waals surface area contributed by atoms with Gasteiger partial charge in [0.1, 0.15) is 15.8 Å². The molecule has 3 aliphatic rings. The molecule has 3 aromatic heterocycles. The number of hydrogen-bond donors (Lipinski definition) is 0. The highest BCUT2D eigenvalue weighted by molar-refractivity contribution is 8.26. The molecule has 2 atom stereocenters. The molecule has 0 saturated carbocycles. The Morgan fingerprint density at radius 3 is 2.85 bits per heavy atom. The Balaban J connectivity index is 1.38. The van der Waals surface area contributed by atoms with Crippen molar-refractivity contribution < 1.29 is 9.53 Å². The number of amides is 1. The van der Waals surface area contributed by atoms with Gasteiger partial charge in [0, 0.05) is 63.3 Å². The fourth-order valence-electron chi connectivity index (χ4n) is 5.82. The number of fused-ring (bicyclic) bond motifs is 5. The lowest BCUT2D eigenvalue weighted by Crippen LogP contribution is -2.48. The summed E-state index contributed by atoms with van der Waals surface area (Å²) in [6, 6.07) is 10.9. The number of thioether (sulfide) groups is 1. The molecule has 1 amide bonds. The Morgan fingerprint density at radius 2 is 2.00 bits per heavy atom. The second-order valence-electron chi connectivity index (χ2n) is 10.1. The summed E-state index contributed by atoms with van der Waals surface area (Å²) in [6.45, 7) is 5.53. The fraction of sp³-hybridized carbons (Fsp3) is 0.393. The summed E-state index contributed by atoms with van der Waals surface area (Å²) >= 11 is 6.72. The predicted molar refractivity (Wildman–Crippen MR) is 156 cm³/mol.